The second-order valence-electron chi connectivity index (χ2n) is 4.75. The van der Waals surface area contributed by atoms with Gasteiger partial charge in [-0.2, -0.15) is 13.2 Å². The minimum absolute atomic E-state index is 0.0111. The second-order valence-corrected chi connectivity index (χ2v) is 4.75. The van der Waals surface area contributed by atoms with Crippen LogP contribution in [0.15, 0.2) is 24.3 Å². The molecule has 2 amide bonds. The standard InChI is InChI=1S/C14H15F3N2O5/c15-14(16,17)13(24)19-12(23)9-4-2-1-3-8(9)5-6-10(20)18-7-11(21)22/h1-4,13,24H,5-7H2,(H,18,20)(H,19,23)(H,21,22). The molecule has 1 unspecified atom stereocenters. The smallest absolute Gasteiger partial charge is 0.433 e. The molecular weight excluding hydrogens is 333 g/mol. The van der Waals surface area contributed by atoms with Gasteiger partial charge in [-0.1, -0.05) is 18.2 Å². The van der Waals surface area contributed by atoms with Crippen molar-refractivity contribution in [3.05, 3.63) is 35.4 Å². The lowest BCUT2D eigenvalue weighted by Crippen LogP contribution is -2.45. The van der Waals surface area contributed by atoms with E-state index >= 15 is 0 Å². The zero-order valence-corrected chi connectivity index (χ0v) is 12.3. The molecule has 0 heterocycles. The molecule has 0 aliphatic heterocycles. The summed E-state index contributed by atoms with van der Waals surface area (Å²) >= 11 is 0. The van der Waals surface area contributed by atoms with E-state index in [-0.39, 0.29) is 24.0 Å². The number of benzene rings is 1. The number of rotatable bonds is 7. The molecule has 1 aromatic rings. The van der Waals surface area contributed by atoms with E-state index in [1.54, 1.807) is 0 Å². The number of alkyl halides is 3. The van der Waals surface area contributed by atoms with Gasteiger partial charge in [0.25, 0.3) is 5.91 Å². The number of carboxylic acids is 1. The third kappa shape index (κ3) is 6.24. The van der Waals surface area contributed by atoms with Gasteiger partial charge in [0.1, 0.15) is 6.54 Å². The van der Waals surface area contributed by atoms with Gasteiger partial charge in [-0.05, 0) is 18.1 Å². The number of halogens is 3. The van der Waals surface area contributed by atoms with Crippen LogP contribution >= 0.6 is 0 Å². The average molecular weight is 348 g/mol. The van der Waals surface area contributed by atoms with Gasteiger partial charge >= 0.3 is 12.1 Å². The molecule has 4 N–H and O–H groups in total. The largest absolute Gasteiger partial charge is 0.480 e. The highest BCUT2D eigenvalue weighted by Gasteiger charge is 2.39. The third-order valence-electron chi connectivity index (χ3n) is 2.90. The minimum atomic E-state index is -5.00. The highest BCUT2D eigenvalue weighted by Crippen LogP contribution is 2.19. The number of aliphatic hydroxyl groups excluding tert-OH is 1. The quantitative estimate of drug-likeness (QED) is 0.534. The molecule has 0 bridgehead atoms. The third-order valence-corrected chi connectivity index (χ3v) is 2.90. The number of carbonyl (C=O) groups excluding carboxylic acids is 2. The summed E-state index contributed by atoms with van der Waals surface area (Å²) in [5.41, 5.74) is 0.168. The van der Waals surface area contributed by atoms with Gasteiger partial charge in [-0.25, -0.2) is 0 Å². The van der Waals surface area contributed by atoms with Crippen LogP contribution in [0.4, 0.5) is 13.2 Å². The lowest BCUT2D eigenvalue weighted by Gasteiger charge is -2.17. The van der Waals surface area contributed by atoms with E-state index in [0.717, 1.165) is 0 Å². The van der Waals surface area contributed by atoms with E-state index < -0.39 is 36.7 Å². The van der Waals surface area contributed by atoms with Crippen LogP contribution in [0.1, 0.15) is 22.3 Å². The Labute approximate surface area is 134 Å². The van der Waals surface area contributed by atoms with Crippen molar-refractivity contribution < 1.29 is 37.8 Å². The van der Waals surface area contributed by atoms with Crippen molar-refractivity contribution in [2.24, 2.45) is 0 Å². The average Bonchev–Trinajstić information content (AvgIpc) is 2.50. The van der Waals surface area contributed by atoms with Gasteiger partial charge in [0.2, 0.25) is 12.1 Å². The van der Waals surface area contributed by atoms with Crippen LogP contribution < -0.4 is 10.6 Å². The maximum absolute atomic E-state index is 12.3. The van der Waals surface area contributed by atoms with E-state index in [1.807, 2.05) is 0 Å². The number of carbonyl (C=O) groups is 3. The topological polar surface area (TPSA) is 116 Å². The Kier molecular flexibility index (Phi) is 6.71. The van der Waals surface area contributed by atoms with Crippen LogP contribution in [-0.2, 0) is 16.0 Å². The maximum atomic E-state index is 12.3. The molecule has 0 aliphatic rings. The number of aliphatic hydroxyl groups is 1. The summed E-state index contributed by atoms with van der Waals surface area (Å²) in [6, 6.07) is 5.65. The SMILES string of the molecule is O=C(O)CNC(=O)CCc1ccccc1C(=O)NC(O)C(F)(F)F. The molecule has 7 nitrogen and oxygen atoms in total. The summed E-state index contributed by atoms with van der Waals surface area (Å²) in [5.74, 6) is -2.94. The van der Waals surface area contributed by atoms with E-state index in [4.69, 9.17) is 10.2 Å². The summed E-state index contributed by atoms with van der Waals surface area (Å²) in [4.78, 5) is 33.6. The van der Waals surface area contributed by atoms with Crippen LogP contribution in [0.25, 0.3) is 0 Å². The normalized spacial score (nSPS) is 12.3. The van der Waals surface area contributed by atoms with Crippen molar-refractivity contribution in [2.45, 2.75) is 25.2 Å². The van der Waals surface area contributed by atoms with Crippen molar-refractivity contribution in [2.75, 3.05) is 6.54 Å². The van der Waals surface area contributed by atoms with Gasteiger partial charge in [-0.15, -0.1) is 0 Å². The molecule has 0 aliphatic carbocycles. The zero-order valence-electron chi connectivity index (χ0n) is 12.3. The predicted octanol–water partition coefficient (Wildman–Crippen LogP) is 0.430. The Bertz CT molecular complexity index is 619. The van der Waals surface area contributed by atoms with Crippen LogP contribution in [0.5, 0.6) is 0 Å². The molecule has 24 heavy (non-hydrogen) atoms. The van der Waals surface area contributed by atoms with E-state index in [1.165, 1.54) is 29.6 Å². The first-order valence-electron chi connectivity index (χ1n) is 6.73. The van der Waals surface area contributed by atoms with Crippen LogP contribution in [0, 0.1) is 0 Å². The van der Waals surface area contributed by atoms with Crippen molar-refractivity contribution in [1.82, 2.24) is 10.6 Å². The van der Waals surface area contributed by atoms with Crippen molar-refractivity contribution >= 4 is 17.8 Å². The van der Waals surface area contributed by atoms with Crippen molar-refractivity contribution in [1.29, 1.82) is 0 Å². The first-order chi connectivity index (χ1) is 11.1. The maximum Gasteiger partial charge on any atom is 0.433 e. The lowest BCUT2D eigenvalue weighted by molar-refractivity contribution is -0.209. The number of carboxylic acid groups (broad SMARTS) is 1. The van der Waals surface area contributed by atoms with E-state index in [9.17, 15) is 27.6 Å². The zero-order chi connectivity index (χ0) is 18.3. The van der Waals surface area contributed by atoms with Crippen molar-refractivity contribution in [3.63, 3.8) is 0 Å². The van der Waals surface area contributed by atoms with Gasteiger partial charge < -0.3 is 20.8 Å². The fraction of sp³-hybridized carbons (Fsp3) is 0.357. The second kappa shape index (κ2) is 8.29. The Balaban J connectivity index is 2.72. The fourth-order valence-electron chi connectivity index (χ4n) is 1.75. The molecule has 1 aromatic carbocycles. The summed E-state index contributed by atoms with van der Waals surface area (Å²) in [6.45, 7) is -0.557. The molecule has 1 atom stereocenters. The number of amides is 2. The summed E-state index contributed by atoms with van der Waals surface area (Å²) in [7, 11) is 0. The number of aliphatic carboxylic acids is 1. The number of hydrogen-bond acceptors (Lipinski definition) is 4. The number of nitrogens with one attached hydrogen (secondary N) is 2. The number of hydrogen-bond donors (Lipinski definition) is 4. The summed E-state index contributed by atoms with van der Waals surface area (Å²) in [6.07, 6.45) is -8.14. The van der Waals surface area contributed by atoms with E-state index in [2.05, 4.69) is 5.32 Å². The first-order valence-corrected chi connectivity index (χ1v) is 6.73. The van der Waals surface area contributed by atoms with E-state index in [0.29, 0.717) is 0 Å². The van der Waals surface area contributed by atoms with Gasteiger partial charge in [0, 0.05) is 12.0 Å². The fourth-order valence-corrected chi connectivity index (χ4v) is 1.75. The van der Waals surface area contributed by atoms with Crippen LogP contribution in [0.3, 0.4) is 0 Å². The molecule has 0 saturated carbocycles. The molecule has 0 fully saturated rings. The van der Waals surface area contributed by atoms with Crippen LogP contribution in [0.2, 0.25) is 0 Å². The minimum Gasteiger partial charge on any atom is -0.480 e. The monoisotopic (exact) mass is 348 g/mol. The molecule has 0 radical (unpaired) electrons. The van der Waals surface area contributed by atoms with Gasteiger partial charge in [0.15, 0.2) is 0 Å². The summed E-state index contributed by atoms with van der Waals surface area (Å²) < 4.78 is 36.8. The Morgan fingerprint density at radius 3 is 2.38 bits per heavy atom. The number of aryl methyl sites for hydroxylation is 1. The Hall–Kier alpha value is -2.62. The molecular formula is C14H15F3N2O5. The van der Waals surface area contributed by atoms with Crippen LogP contribution in [-0.4, -0.2) is 46.9 Å². The Morgan fingerprint density at radius 1 is 1.17 bits per heavy atom. The molecule has 0 aromatic heterocycles. The first kappa shape index (κ1) is 19.4. The molecule has 0 spiro atoms. The summed E-state index contributed by atoms with van der Waals surface area (Å²) in [5, 5.41) is 20.8. The van der Waals surface area contributed by atoms with Gasteiger partial charge in [0.05, 0.1) is 0 Å². The Morgan fingerprint density at radius 2 is 1.79 bits per heavy atom. The molecule has 10 heteroatoms. The highest BCUT2D eigenvalue weighted by molar-refractivity contribution is 5.96. The highest BCUT2D eigenvalue weighted by atomic mass is 19.4. The van der Waals surface area contributed by atoms with Crippen molar-refractivity contribution in [3.8, 4) is 0 Å². The predicted molar refractivity (Wildman–Crippen MR) is 74.9 cm³/mol. The molecule has 0 saturated heterocycles. The lowest BCUT2D eigenvalue weighted by atomic mass is 10.0. The van der Waals surface area contributed by atoms with Gasteiger partial charge in [-0.3, -0.25) is 14.4 Å². The molecule has 132 valence electrons. The molecule has 1 rings (SSSR count).